The van der Waals surface area contributed by atoms with Crippen molar-refractivity contribution < 1.29 is 0 Å². The zero-order chi connectivity index (χ0) is 13.8. The number of nitrogens with zero attached hydrogens (tertiary/aromatic N) is 4. The van der Waals surface area contributed by atoms with Crippen LogP contribution in [0.2, 0.25) is 0 Å². The van der Waals surface area contributed by atoms with Gasteiger partial charge in [0.05, 0.1) is 5.56 Å². The number of hydrogen-bond acceptors (Lipinski definition) is 6. The highest BCUT2D eigenvalue weighted by Gasteiger charge is 2.04. The van der Waals surface area contributed by atoms with E-state index in [1.807, 2.05) is 35.7 Å². The number of aromatic nitrogens is 4. The monoisotopic (exact) mass is 282 g/mol. The fourth-order valence-electron chi connectivity index (χ4n) is 1.77. The van der Waals surface area contributed by atoms with Gasteiger partial charge < -0.3 is 5.32 Å². The quantitative estimate of drug-likeness (QED) is 0.767. The van der Waals surface area contributed by atoms with E-state index < -0.39 is 0 Å². The summed E-state index contributed by atoms with van der Waals surface area (Å²) in [6.45, 7) is 0.683. The van der Waals surface area contributed by atoms with Crippen LogP contribution in [0.5, 0.6) is 0 Å². The number of H-pyrrole nitrogens is 1. The summed E-state index contributed by atoms with van der Waals surface area (Å²) < 4.78 is 0. The van der Waals surface area contributed by atoms with Gasteiger partial charge in [0.15, 0.2) is 0 Å². The second kappa shape index (κ2) is 5.50. The van der Waals surface area contributed by atoms with Crippen molar-refractivity contribution in [1.82, 2.24) is 20.6 Å². The minimum absolute atomic E-state index is 0.566. The molecule has 0 radical (unpaired) electrons. The van der Waals surface area contributed by atoms with Crippen LogP contribution in [-0.4, -0.2) is 20.6 Å². The van der Waals surface area contributed by atoms with Crippen molar-refractivity contribution in [3.8, 4) is 17.5 Å². The summed E-state index contributed by atoms with van der Waals surface area (Å²) in [7, 11) is 0. The number of nitriles is 1. The van der Waals surface area contributed by atoms with Gasteiger partial charge in [-0.3, -0.25) is 0 Å². The first-order valence-corrected chi connectivity index (χ1v) is 6.78. The van der Waals surface area contributed by atoms with Crippen LogP contribution >= 0.6 is 11.3 Å². The zero-order valence-corrected chi connectivity index (χ0v) is 11.2. The van der Waals surface area contributed by atoms with E-state index >= 15 is 0 Å². The zero-order valence-electron chi connectivity index (χ0n) is 10.4. The van der Waals surface area contributed by atoms with E-state index in [0.717, 1.165) is 16.1 Å². The Morgan fingerprint density at radius 1 is 1.35 bits per heavy atom. The molecule has 2 N–H and O–H groups in total. The number of tetrazole rings is 1. The summed E-state index contributed by atoms with van der Waals surface area (Å²) in [5.41, 5.74) is 2.57. The molecule has 20 heavy (non-hydrogen) atoms. The van der Waals surface area contributed by atoms with E-state index in [-0.39, 0.29) is 0 Å². The van der Waals surface area contributed by atoms with Crippen molar-refractivity contribution in [1.29, 1.82) is 5.26 Å². The van der Waals surface area contributed by atoms with Gasteiger partial charge in [-0.25, -0.2) is 0 Å². The maximum absolute atomic E-state index is 8.79. The lowest BCUT2D eigenvalue weighted by Crippen LogP contribution is -1.97. The Hall–Kier alpha value is -2.72. The standard InChI is InChI=1S/C13H10N6S/c14-6-9-4-12(20-8-9)7-15-11-3-1-2-10(5-11)13-16-18-19-17-13/h1-5,8,15H,7H2,(H,16,17,18,19). The van der Waals surface area contributed by atoms with Crippen LogP contribution < -0.4 is 5.32 Å². The van der Waals surface area contributed by atoms with E-state index in [0.29, 0.717) is 17.9 Å². The molecule has 1 aromatic carbocycles. The van der Waals surface area contributed by atoms with Crippen molar-refractivity contribution in [2.75, 3.05) is 5.32 Å². The molecule has 3 rings (SSSR count). The molecule has 0 saturated heterocycles. The Balaban J connectivity index is 1.72. The molecule has 7 heteroatoms. The molecule has 0 amide bonds. The minimum Gasteiger partial charge on any atom is -0.380 e. The van der Waals surface area contributed by atoms with E-state index in [1.54, 1.807) is 11.3 Å². The number of nitrogens with one attached hydrogen (secondary N) is 2. The Kier molecular flexibility index (Phi) is 3.39. The van der Waals surface area contributed by atoms with Crippen LogP contribution in [0.15, 0.2) is 35.7 Å². The van der Waals surface area contributed by atoms with Gasteiger partial charge in [0.25, 0.3) is 0 Å². The second-order valence-corrected chi connectivity index (χ2v) is 5.08. The number of benzene rings is 1. The number of thiophene rings is 1. The molecule has 0 fully saturated rings. The van der Waals surface area contributed by atoms with Crippen molar-refractivity contribution in [3.63, 3.8) is 0 Å². The Labute approximate surface area is 119 Å². The SMILES string of the molecule is N#Cc1csc(CNc2cccc(-c3nn[nH]n3)c2)c1. The molecular weight excluding hydrogens is 272 g/mol. The number of hydrogen-bond donors (Lipinski definition) is 2. The van der Waals surface area contributed by atoms with Crippen LogP contribution in [0.25, 0.3) is 11.4 Å². The van der Waals surface area contributed by atoms with Crippen molar-refractivity contribution in [2.24, 2.45) is 0 Å². The van der Waals surface area contributed by atoms with Crippen LogP contribution in [0.4, 0.5) is 5.69 Å². The van der Waals surface area contributed by atoms with E-state index in [9.17, 15) is 0 Å². The lowest BCUT2D eigenvalue weighted by atomic mass is 10.2. The normalized spacial score (nSPS) is 10.2. The maximum atomic E-state index is 8.79. The summed E-state index contributed by atoms with van der Waals surface area (Å²) in [5.74, 6) is 0.566. The molecule has 6 nitrogen and oxygen atoms in total. The predicted molar refractivity (Wildman–Crippen MR) is 76.0 cm³/mol. The summed E-state index contributed by atoms with van der Waals surface area (Å²) in [6.07, 6.45) is 0. The highest BCUT2D eigenvalue weighted by atomic mass is 32.1. The van der Waals surface area contributed by atoms with Gasteiger partial charge in [-0.05, 0) is 23.4 Å². The Morgan fingerprint density at radius 2 is 2.30 bits per heavy atom. The summed E-state index contributed by atoms with van der Waals surface area (Å²) in [6, 6.07) is 11.8. The van der Waals surface area contributed by atoms with E-state index in [4.69, 9.17) is 5.26 Å². The molecule has 0 bridgehead atoms. The van der Waals surface area contributed by atoms with Gasteiger partial charge >= 0.3 is 0 Å². The van der Waals surface area contributed by atoms with E-state index in [2.05, 4.69) is 32.0 Å². The van der Waals surface area contributed by atoms with Gasteiger partial charge in [0.1, 0.15) is 6.07 Å². The summed E-state index contributed by atoms with van der Waals surface area (Å²) in [5, 5.41) is 27.8. The third-order valence-corrected chi connectivity index (χ3v) is 3.65. The fraction of sp³-hybridized carbons (Fsp3) is 0.0769. The fourth-order valence-corrected chi connectivity index (χ4v) is 2.52. The molecule has 0 spiro atoms. The molecule has 0 aliphatic carbocycles. The Bertz CT molecular complexity index is 740. The molecular formula is C13H10N6S. The van der Waals surface area contributed by atoms with Crippen LogP contribution in [0.1, 0.15) is 10.4 Å². The average Bonchev–Trinajstić information content (AvgIpc) is 3.17. The largest absolute Gasteiger partial charge is 0.380 e. The first kappa shape index (κ1) is 12.3. The first-order chi connectivity index (χ1) is 9.85. The predicted octanol–water partition coefficient (Wildman–Crippen LogP) is 2.41. The third kappa shape index (κ3) is 2.65. The lowest BCUT2D eigenvalue weighted by molar-refractivity contribution is 0.881. The van der Waals surface area contributed by atoms with Crippen LogP contribution in [0, 0.1) is 11.3 Å². The van der Waals surface area contributed by atoms with Crippen molar-refractivity contribution >= 4 is 17.0 Å². The highest BCUT2D eigenvalue weighted by molar-refractivity contribution is 7.10. The van der Waals surface area contributed by atoms with Crippen LogP contribution in [0.3, 0.4) is 0 Å². The topological polar surface area (TPSA) is 90.3 Å². The molecule has 0 aliphatic heterocycles. The maximum Gasteiger partial charge on any atom is 0.204 e. The van der Waals surface area contributed by atoms with Gasteiger partial charge in [-0.1, -0.05) is 12.1 Å². The second-order valence-electron chi connectivity index (χ2n) is 4.08. The van der Waals surface area contributed by atoms with Gasteiger partial charge in [0, 0.05) is 28.1 Å². The molecule has 98 valence electrons. The van der Waals surface area contributed by atoms with Crippen molar-refractivity contribution in [3.05, 3.63) is 46.2 Å². The molecule has 0 saturated carbocycles. The molecule has 2 aromatic heterocycles. The smallest absolute Gasteiger partial charge is 0.204 e. The first-order valence-electron chi connectivity index (χ1n) is 5.90. The van der Waals surface area contributed by atoms with E-state index in [1.165, 1.54) is 0 Å². The lowest BCUT2D eigenvalue weighted by Gasteiger charge is -2.05. The number of aromatic amines is 1. The summed E-state index contributed by atoms with van der Waals surface area (Å²) >= 11 is 1.57. The van der Waals surface area contributed by atoms with Crippen molar-refractivity contribution in [2.45, 2.75) is 6.54 Å². The molecule has 0 unspecified atom stereocenters. The summed E-state index contributed by atoms with van der Waals surface area (Å²) in [4.78, 5) is 1.12. The average molecular weight is 282 g/mol. The Morgan fingerprint density at radius 3 is 3.05 bits per heavy atom. The third-order valence-electron chi connectivity index (χ3n) is 2.72. The van der Waals surface area contributed by atoms with Crippen LogP contribution in [-0.2, 0) is 6.54 Å². The molecule has 0 atom stereocenters. The van der Waals surface area contributed by atoms with Gasteiger partial charge in [-0.2, -0.15) is 10.5 Å². The van der Waals surface area contributed by atoms with Gasteiger partial charge in [0.2, 0.25) is 5.82 Å². The highest BCUT2D eigenvalue weighted by Crippen LogP contribution is 2.20. The molecule has 2 heterocycles. The van der Waals surface area contributed by atoms with Gasteiger partial charge in [-0.15, -0.1) is 21.5 Å². The number of anilines is 1. The molecule has 0 aliphatic rings. The number of rotatable bonds is 4. The molecule has 3 aromatic rings. The minimum atomic E-state index is 0.566.